The molecule has 12 rings (SSSR count). The zero-order valence-electron chi connectivity index (χ0n) is 32.6. The minimum absolute atomic E-state index is 0.410. The number of nitrogens with zero attached hydrogens (tertiary/aromatic N) is 4. The van der Waals surface area contributed by atoms with E-state index in [1.165, 1.54) is 71.8 Å². The summed E-state index contributed by atoms with van der Waals surface area (Å²) in [5.41, 5.74) is 19.8. The monoisotopic (exact) mass is 756 g/mol. The molecule has 280 valence electrons. The number of allylic oxidation sites excluding steroid dienone is 1. The van der Waals surface area contributed by atoms with Gasteiger partial charge in [-0.05, 0) is 125 Å². The number of para-hydroxylation sites is 3. The highest BCUT2D eigenvalue weighted by Crippen LogP contribution is 2.42. The van der Waals surface area contributed by atoms with E-state index < -0.39 is 0 Å². The van der Waals surface area contributed by atoms with Crippen LogP contribution >= 0.6 is 0 Å². The van der Waals surface area contributed by atoms with Crippen molar-refractivity contribution in [2.45, 2.75) is 31.6 Å². The fraction of sp³-hybridized carbons (Fsp3) is 0.0909. The van der Waals surface area contributed by atoms with Crippen LogP contribution in [0.15, 0.2) is 183 Å². The van der Waals surface area contributed by atoms with E-state index in [0.29, 0.717) is 5.92 Å². The molecule has 1 atom stereocenters. The molecular formula is C55H40N4. The Balaban J connectivity index is 0.962. The van der Waals surface area contributed by atoms with Crippen LogP contribution in [0.3, 0.4) is 0 Å². The Labute approximate surface area is 343 Å². The number of aryl methyl sites for hydroxylation is 1. The molecule has 2 aliphatic rings. The van der Waals surface area contributed by atoms with Crippen molar-refractivity contribution in [1.29, 1.82) is 0 Å². The quantitative estimate of drug-likeness (QED) is 0.169. The summed E-state index contributed by atoms with van der Waals surface area (Å²) in [6.45, 7) is 0. The molecule has 4 heteroatoms. The van der Waals surface area contributed by atoms with Gasteiger partial charge >= 0.3 is 0 Å². The zero-order chi connectivity index (χ0) is 38.9. The molecule has 2 aliphatic carbocycles. The van der Waals surface area contributed by atoms with Gasteiger partial charge in [-0.25, -0.2) is 0 Å². The van der Waals surface area contributed by atoms with E-state index in [4.69, 9.17) is 4.98 Å². The van der Waals surface area contributed by atoms with Crippen molar-refractivity contribution in [2.75, 3.05) is 0 Å². The molecule has 0 radical (unpaired) electrons. The Bertz CT molecular complexity index is 3230. The van der Waals surface area contributed by atoms with Crippen LogP contribution < -0.4 is 0 Å². The van der Waals surface area contributed by atoms with Crippen LogP contribution in [0, 0.1) is 0 Å². The molecule has 6 aromatic carbocycles. The predicted molar refractivity (Wildman–Crippen MR) is 243 cm³/mol. The Kier molecular flexibility index (Phi) is 7.83. The first-order valence-corrected chi connectivity index (χ1v) is 20.7. The van der Waals surface area contributed by atoms with Gasteiger partial charge in [0.25, 0.3) is 0 Å². The summed E-state index contributed by atoms with van der Waals surface area (Å²) in [6, 6.07) is 55.9. The molecule has 0 saturated heterocycles. The van der Waals surface area contributed by atoms with E-state index >= 15 is 0 Å². The van der Waals surface area contributed by atoms with E-state index in [-0.39, 0.29) is 0 Å². The van der Waals surface area contributed by atoms with Crippen molar-refractivity contribution >= 4 is 38.8 Å². The fourth-order valence-corrected chi connectivity index (χ4v) is 10.1. The second kappa shape index (κ2) is 13.7. The summed E-state index contributed by atoms with van der Waals surface area (Å²) < 4.78 is 4.90. The van der Waals surface area contributed by atoms with E-state index in [0.717, 1.165) is 59.3 Å². The van der Waals surface area contributed by atoms with Crippen LogP contribution in [-0.4, -0.2) is 19.1 Å². The Morgan fingerprint density at radius 2 is 1.19 bits per heavy atom. The first-order chi connectivity index (χ1) is 29.2. The number of pyridine rings is 2. The van der Waals surface area contributed by atoms with Gasteiger partial charge in [-0.1, -0.05) is 109 Å². The summed E-state index contributed by atoms with van der Waals surface area (Å²) in [4.78, 5) is 9.36. The summed E-state index contributed by atoms with van der Waals surface area (Å²) >= 11 is 0. The van der Waals surface area contributed by atoms with Crippen LogP contribution in [0.2, 0.25) is 0 Å². The third kappa shape index (κ3) is 5.59. The van der Waals surface area contributed by atoms with Crippen molar-refractivity contribution in [3.05, 3.63) is 210 Å². The SMILES string of the molecule is C1=Cc2c(c3ccccc3n2-c2cc(-c3cncc(-c4ccc(CC5Cc6ccccc6-c6cnccc65)cc4)c3)cc(-n3c4ccccc4c4ccccc43)c2)CC1. The lowest BCUT2D eigenvalue weighted by Crippen LogP contribution is -2.14. The molecule has 1 unspecified atom stereocenters. The summed E-state index contributed by atoms with van der Waals surface area (Å²) in [6.07, 6.45) is 16.8. The molecule has 0 saturated carbocycles. The standard InChI is InChI=1S/C55H40N4/c1-2-12-45-38(11-1)28-40(46-25-26-56-35-51(45)46)27-36-21-23-37(24-22-36)41-29-42(34-57-33-41)39-30-43(58-52-17-7-3-13-47(52)48-14-4-8-18-53(48)58)32-44(31-39)59-54-19-9-5-15-49(54)50-16-6-10-20-55(50)59/h1-5,7-15,17-26,29-35,40H,6,16,27-28H2. The smallest absolute Gasteiger partial charge is 0.0541 e. The summed E-state index contributed by atoms with van der Waals surface area (Å²) in [5, 5.41) is 3.84. The van der Waals surface area contributed by atoms with Gasteiger partial charge in [-0.15, -0.1) is 0 Å². The lowest BCUT2D eigenvalue weighted by atomic mass is 9.77. The van der Waals surface area contributed by atoms with E-state index in [9.17, 15) is 0 Å². The normalized spacial score (nSPS) is 14.4. The fourth-order valence-electron chi connectivity index (χ4n) is 10.1. The van der Waals surface area contributed by atoms with Crippen molar-refractivity contribution in [3.63, 3.8) is 0 Å². The lowest BCUT2D eigenvalue weighted by molar-refractivity contribution is 0.671. The second-order valence-electron chi connectivity index (χ2n) is 16.1. The van der Waals surface area contributed by atoms with Gasteiger partial charge in [0.2, 0.25) is 0 Å². The van der Waals surface area contributed by atoms with Crippen LogP contribution in [0.4, 0.5) is 0 Å². The van der Waals surface area contributed by atoms with Crippen LogP contribution in [0.1, 0.15) is 40.3 Å². The molecule has 0 amide bonds. The van der Waals surface area contributed by atoms with Crippen LogP contribution in [-0.2, 0) is 19.3 Å². The number of fused-ring (bicyclic) bond motifs is 9. The summed E-state index contributed by atoms with van der Waals surface area (Å²) in [5.74, 6) is 0.410. The minimum Gasteiger partial charge on any atom is -0.309 e. The van der Waals surface area contributed by atoms with Gasteiger partial charge in [0, 0.05) is 74.7 Å². The average molecular weight is 757 g/mol. The van der Waals surface area contributed by atoms with E-state index in [1.807, 2.05) is 24.8 Å². The van der Waals surface area contributed by atoms with Gasteiger partial charge in [0.1, 0.15) is 0 Å². The number of aromatic nitrogens is 4. The van der Waals surface area contributed by atoms with E-state index in [2.05, 4.69) is 178 Å². The molecule has 0 bridgehead atoms. The first-order valence-electron chi connectivity index (χ1n) is 20.7. The number of hydrogen-bond acceptors (Lipinski definition) is 2. The zero-order valence-corrected chi connectivity index (χ0v) is 32.6. The van der Waals surface area contributed by atoms with E-state index in [1.54, 1.807) is 0 Å². The van der Waals surface area contributed by atoms with Gasteiger partial charge in [0.05, 0.1) is 16.6 Å². The molecule has 4 heterocycles. The molecule has 4 nitrogen and oxygen atoms in total. The van der Waals surface area contributed by atoms with Crippen molar-refractivity contribution in [3.8, 4) is 44.8 Å². The number of hydrogen-bond donors (Lipinski definition) is 0. The van der Waals surface area contributed by atoms with Gasteiger partial charge in [-0.3, -0.25) is 9.97 Å². The topological polar surface area (TPSA) is 35.6 Å². The van der Waals surface area contributed by atoms with Gasteiger partial charge < -0.3 is 9.13 Å². The lowest BCUT2D eigenvalue weighted by Gasteiger charge is -2.27. The maximum absolute atomic E-state index is 4.87. The molecule has 59 heavy (non-hydrogen) atoms. The highest BCUT2D eigenvalue weighted by atomic mass is 15.0. The summed E-state index contributed by atoms with van der Waals surface area (Å²) in [7, 11) is 0. The molecule has 0 N–H and O–H groups in total. The van der Waals surface area contributed by atoms with Crippen LogP contribution in [0.25, 0.3) is 83.5 Å². The Morgan fingerprint density at radius 3 is 1.97 bits per heavy atom. The average Bonchev–Trinajstić information content (AvgIpc) is 3.82. The number of rotatable bonds is 6. The molecule has 10 aromatic rings. The molecule has 0 aliphatic heterocycles. The van der Waals surface area contributed by atoms with Crippen molar-refractivity contribution in [1.82, 2.24) is 19.1 Å². The maximum Gasteiger partial charge on any atom is 0.0541 e. The highest BCUT2D eigenvalue weighted by molar-refractivity contribution is 6.09. The predicted octanol–water partition coefficient (Wildman–Crippen LogP) is 13.4. The van der Waals surface area contributed by atoms with Gasteiger partial charge in [-0.2, -0.15) is 0 Å². The Hall–Kier alpha value is -7.30. The molecular weight excluding hydrogens is 717 g/mol. The maximum atomic E-state index is 4.87. The minimum atomic E-state index is 0.410. The largest absolute Gasteiger partial charge is 0.309 e. The second-order valence-corrected chi connectivity index (χ2v) is 16.1. The first kappa shape index (κ1) is 33.8. The molecule has 4 aromatic heterocycles. The molecule has 0 spiro atoms. The Morgan fingerprint density at radius 1 is 0.525 bits per heavy atom. The third-order valence-electron chi connectivity index (χ3n) is 12.8. The van der Waals surface area contributed by atoms with Crippen molar-refractivity contribution < 1.29 is 0 Å². The third-order valence-corrected chi connectivity index (χ3v) is 12.8. The van der Waals surface area contributed by atoms with Crippen molar-refractivity contribution in [2.24, 2.45) is 0 Å². The highest BCUT2D eigenvalue weighted by Gasteiger charge is 2.25. The van der Waals surface area contributed by atoms with Gasteiger partial charge in [0.15, 0.2) is 0 Å². The van der Waals surface area contributed by atoms with Crippen LogP contribution in [0.5, 0.6) is 0 Å². The number of benzene rings is 6. The molecule has 0 fully saturated rings.